The predicted molar refractivity (Wildman–Crippen MR) is 54.7 cm³/mol. The summed E-state index contributed by atoms with van der Waals surface area (Å²) in [6.07, 6.45) is 6.17. The topological polar surface area (TPSA) is 0 Å². The Labute approximate surface area is 75.1 Å². The minimum Gasteiger partial charge on any atom is -0.0913 e. The number of rotatable bonds is 5. The van der Waals surface area contributed by atoms with Crippen molar-refractivity contribution in [1.82, 2.24) is 0 Å². The molecule has 0 amide bonds. The molecular formula is C10H18S. The van der Waals surface area contributed by atoms with Crippen LogP contribution < -0.4 is 0 Å². The van der Waals surface area contributed by atoms with Gasteiger partial charge < -0.3 is 0 Å². The standard InChI is InChI=1S/C10H18S/c1-3-5-7-8-10-11-9-6-4-2/h3-7,9H2,1-2H3. The van der Waals surface area contributed by atoms with Gasteiger partial charge in [-0.15, -0.1) is 0 Å². The third kappa shape index (κ3) is 9.91. The number of hydrogen-bond acceptors (Lipinski definition) is 1. The predicted octanol–water partition coefficient (Wildman–Crippen LogP) is 3.67. The van der Waals surface area contributed by atoms with Crippen LogP contribution in [0.4, 0.5) is 0 Å². The second-order valence-corrected chi connectivity index (χ2v) is 3.49. The van der Waals surface area contributed by atoms with Gasteiger partial charge in [0.2, 0.25) is 0 Å². The molecule has 0 rings (SSSR count). The average molecular weight is 170 g/mol. The van der Waals surface area contributed by atoms with E-state index < -0.39 is 0 Å². The van der Waals surface area contributed by atoms with E-state index in [1.165, 1.54) is 31.4 Å². The molecule has 0 heterocycles. The molecule has 0 aromatic heterocycles. The summed E-state index contributed by atoms with van der Waals surface area (Å²) in [5.74, 6) is 4.36. The van der Waals surface area contributed by atoms with Crippen LogP contribution in [0.1, 0.15) is 46.0 Å². The van der Waals surface area contributed by atoms with Gasteiger partial charge in [-0.2, -0.15) is 0 Å². The van der Waals surface area contributed by atoms with Crippen molar-refractivity contribution in [2.24, 2.45) is 0 Å². The smallest absolute Gasteiger partial charge is 0.00975 e. The van der Waals surface area contributed by atoms with Crippen molar-refractivity contribution < 1.29 is 0 Å². The maximum atomic E-state index is 3.16. The number of hydrogen-bond donors (Lipinski definition) is 0. The molecule has 0 aromatic carbocycles. The Morgan fingerprint density at radius 3 is 2.45 bits per heavy atom. The van der Waals surface area contributed by atoms with Crippen LogP contribution in [0.25, 0.3) is 0 Å². The quantitative estimate of drug-likeness (QED) is 0.448. The van der Waals surface area contributed by atoms with E-state index in [-0.39, 0.29) is 0 Å². The molecule has 11 heavy (non-hydrogen) atoms. The highest BCUT2D eigenvalue weighted by atomic mass is 32.2. The summed E-state index contributed by atoms with van der Waals surface area (Å²) in [5, 5.41) is 3.12. The fourth-order valence-corrected chi connectivity index (χ4v) is 1.37. The number of unbranched alkanes of at least 4 members (excludes halogenated alkanes) is 3. The van der Waals surface area contributed by atoms with Crippen molar-refractivity contribution in [3.05, 3.63) is 0 Å². The van der Waals surface area contributed by atoms with E-state index in [2.05, 4.69) is 25.0 Å². The monoisotopic (exact) mass is 170 g/mol. The van der Waals surface area contributed by atoms with Crippen LogP contribution in [0.15, 0.2) is 0 Å². The normalized spacial score (nSPS) is 8.91. The second kappa shape index (κ2) is 9.91. The van der Waals surface area contributed by atoms with Crippen LogP contribution in [0.5, 0.6) is 0 Å². The van der Waals surface area contributed by atoms with Crippen molar-refractivity contribution in [2.45, 2.75) is 46.0 Å². The highest BCUT2D eigenvalue weighted by Crippen LogP contribution is 2.02. The van der Waals surface area contributed by atoms with Crippen LogP contribution in [-0.2, 0) is 0 Å². The fourth-order valence-electron chi connectivity index (χ4n) is 0.635. The van der Waals surface area contributed by atoms with E-state index in [1.807, 2.05) is 0 Å². The first-order valence-corrected chi connectivity index (χ1v) is 5.50. The Balaban J connectivity index is 2.99. The van der Waals surface area contributed by atoms with Crippen molar-refractivity contribution >= 4 is 11.8 Å². The Morgan fingerprint density at radius 2 is 1.82 bits per heavy atom. The van der Waals surface area contributed by atoms with Crippen LogP contribution in [-0.4, -0.2) is 5.75 Å². The molecule has 0 radical (unpaired) electrons. The van der Waals surface area contributed by atoms with Gasteiger partial charge in [-0.1, -0.05) is 44.4 Å². The highest BCUT2D eigenvalue weighted by molar-refractivity contribution is 8.03. The lowest BCUT2D eigenvalue weighted by molar-refractivity contribution is 0.828. The maximum absolute atomic E-state index is 3.16. The lowest BCUT2D eigenvalue weighted by Crippen LogP contribution is -1.73. The fraction of sp³-hybridized carbons (Fsp3) is 0.800. The molecule has 0 aliphatic carbocycles. The van der Waals surface area contributed by atoms with Gasteiger partial charge in [-0.3, -0.25) is 0 Å². The summed E-state index contributed by atoms with van der Waals surface area (Å²) in [6, 6.07) is 0. The van der Waals surface area contributed by atoms with E-state index in [1.54, 1.807) is 11.8 Å². The average Bonchev–Trinajstić information content (AvgIpc) is 2.03. The van der Waals surface area contributed by atoms with E-state index in [4.69, 9.17) is 0 Å². The molecule has 0 saturated heterocycles. The summed E-state index contributed by atoms with van der Waals surface area (Å²) in [7, 11) is 0. The van der Waals surface area contributed by atoms with Crippen molar-refractivity contribution in [2.75, 3.05) is 5.75 Å². The molecule has 0 aromatic rings. The van der Waals surface area contributed by atoms with Crippen molar-refractivity contribution in [3.8, 4) is 11.2 Å². The van der Waals surface area contributed by atoms with Gasteiger partial charge in [0, 0.05) is 12.2 Å². The zero-order valence-corrected chi connectivity index (χ0v) is 8.47. The minimum atomic E-state index is 1.08. The molecule has 0 spiro atoms. The SMILES string of the molecule is CCCCC#CSCCCC. The van der Waals surface area contributed by atoms with Crippen LogP contribution in [0.2, 0.25) is 0 Å². The lowest BCUT2D eigenvalue weighted by atomic mass is 10.3. The van der Waals surface area contributed by atoms with Crippen molar-refractivity contribution in [3.63, 3.8) is 0 Å². The van der Waals surface area contributed by atoms with E-state index in [9.17, 15) is 0 Å². The van der Waals surface area contributed by atoms with Crippen LogP contribution in [0.3, 0.4) is 0 Å². The first-order valence-electron chi connectivity index (χ1n) is 4.51. The molecule has 0 unspecified atom stereocenters. The molecule has 0 bridgehead atoms. The minimum absolute atomic E-state index is 1.08. The first-order chi connectivity index (χ1) is 5.41. The zero-order valence-electron chi connectivity index (χ0n) is 7.65. The molecule has 0 fully saturated rings. The molecule has 1 heteroatoms. The summed E-state index contributed by atoms with van der Waals surface area (Å²) < 4.78 is 0. The third-order valence-corrected chi connectivity index (χ3v) is 2.18. The third-order valence-electron chi connectivity index (χ3n) is 1.40. The van der Waals surface area contributed by atoms with Gasteiger partial charge in [0.25, 0.3) is 0 Å². The Bertz CT molecular complexity index is 119. The lowest BCUT2D eigenvalue weighted by Gasteiger charge is -1.88. The van der Waals surface area contributed by atoms with Gasteiger partial charge >= 0.3 is 0 Å². The first kappa shape index (κ1) is 10.9. The molecule has 0 saturated carbocycles. The molecule has 0 N–H and O–H groups in total. The van der Waals surface area contributed by atoms with Crippen molar-refractivity contribution in [1.29, 1.82) is 0 Å². The van der Waals surface area contributed by atoms with Gasteiger partial charge in [0.15, 0.2) is 0 Å². The van der Waals surface area contributed by atoms with Crippen LogP contribution >= 0.6 is 11.8 Å². The largest absolute Gasteiger partial charge is 0.0913 e. The summed E-state index contributed by atoms with van der Waals surface area (Å²) in [5.41, 5.74) is 0. The Hall–Kier alpha value is -0.0900. The van der Waals surface area contributed by atoms with Crippen LogP contribution in [0, 0.1) is 11.2 Å². The molecule has 0 nitrogen and oxygen atoms in total. The van der Waals surface area contributed by atoms with Gasteiger partial charge in [-0.25, -0.2) is 0 Å². The Morgan fingerprint density at radius 1 is 1.09 bits per heavy atom. The molecule has 64 valence electrons. The second-order valence-electron chi connectivity index (χ2n) is 2.58. The molecule has 0 aliphatic heterocycles. The Kier molecular flexibility index (Phi) is 9.83. The van der Waals surface area contributed by atoms with E-state index in [0.29, 0.717) is 0 Å². The molecule has 0 aliphatic rings. The van der Waals surface area contributed by atoms with Gasteiger partial charge in [-0.05, 0) is 18.1 Å². The zero-order chi connectivity index (χ0) is 8.36. The van der Waals surface area contributed by atoms with E-state index in [0.717, 1.165) is 6.42 Å². The molecule has 0 atom stereocenters. The summed E-state index contributed by atoms with van der Waals surface area (Å²) in [6.45, 7) is 4.41. The maximum Gasteiger partial charge on any atom is 0.00975 e. The summed E-state index contributed by atoms with van der Waals surface area (Å²) in [4.78, 5) is 0. The van der Waals surface area contributed by atoms with Gasteiger partial charge in [0.1, 0.15) is 0 Å². The van der Waals surface area contributed by atoms with E-state index >= 15 is 0 Å². The van der Waals surface area contributed by atoms with Gasteiger partial charge in [0.05, 0.1) is 0 Å². The number of thioether (sulfide) groups is 1. The molecular weight excluding hydrogens is 152 g/mol. The highest BCUT2D eigenvalue weighted by Gasteiger charge is 1.81. The summed E-state index contributed by atoms with van der Waals surface area (Å²) >= 11 is 1.77.